The summed E-state index contributed by atoms with van der Waals surface area (Å²) < 4.78 is 10.9. The van der Waals surface area contributed by atoms with Gasteiger partial charge in [0.05, 0.1) is 7.11 Å². The molecule has 0 N–H and O–H groups in total. The smallest absolute Gasteiger partial charge is 0.334 e. The Morgan fingerprint density at radius 2 is 1.75 bits per heavy atom. The molecule has 2 aromatic rings. The molecule has 144 valence electrons. The van der Waals surface area contributed by atoms with Crippen LogP contribution in [0.5, 0.6) is 5.75 Å². The van der Waals surface area contributed by atoms with Gasteiger partial charge >= 0.3 is 5.97 Å². The van der Waals surface area contributed by atoms with Gasteiger partial charge in [0.15, 0.2) is 0 Å². The number of carbonyl (C=O) groups excluding carboxylic acids is 1. The van der Waals surface area contributed by atoms with Crippen LogP contribution in [0.25, 0.3) is 5.57 Å². The molecule has 0 aromatic heterocycles. The van der Waals surface area contributed by atoms with Crippen LogP contribution in [0.15, 0.2) is 66.3 Å². The van der Waals surface area contributed by atoms with E-state index >= 15 is 0 Å². The summed E-state index contributed by atoms with van der Waals surface area (Å²) in [6.07, 6.45) is 1.93. The number of likely N-dealkylation sites (tertiary alicyclic amines) is 1. The average Bonchev–Trinajstić information content (AvgIpc) is 2.91. The van der Waals surface area contributed by atoms with E-state index in [1.54, 1.807) is 0 Å². The molecule has 0 amide bonds. The van der Waals surface area contributed by atoms with Crippen LogP contribution in [0.1, 0.15) is 29.5 Å². The van der Waals surface area contributed by atoms with Gasteiger partial charge in [0.25, 0.3) is 0 Å². The van der Waals surface area contributed by atoms with Crippen LogP contribution in [0, 0.1) is 0 Å². The molecule has 2 aliphatic heterocycles. The van der Waals surface area contributed by atoms with Crippen LogP contribution < -0.4 is 4.74 Å². The minimum atomic E-state index is -0.326. The summed E-state index contributed by atoms with van der Waals surface area (Å²) in [6, 6.07) is 16.8. The summed E-state index contributed by atoms with van der Waals surface area (Å²) >= 11 is 0. The van der Waals surface area contributed by atoms with Gasteiger partial charge in [-0.25, -0.2) is 4.79 Å². The fourth-order valence-corrected chi connectivity index (χ4v) is 4.08. The fraction of sp³-hybridized carbons (Fsp3) is 0.292. The normalized spacial score (nSPS) is 16.5. The molecule has 1 saturated heterocycles. The molecule has 0 radical (unpaired) electrons. The third-order valence-corrected chi connectivity index (χ3v) is 5.53. The van der Waals surface area contributed by atoms with Crippen molar-refractivity contribution in [3.05, 3.63) is 82.9 Å². The monoisotopic (exact) mass is 375 g/mol. The third-order valence-electron chi connectivity index (χ3n) is 5.53. The Labute approximate surface area is 166 Å². The van der Waals surface area contributed by atoms with Gasteiger partial charge in [-0.3, -0.25) is 4.90 Å². The van der Waals surface area contributed by atoms with Gasteiger partial charge in [-0.2, -0.15) is 0 Å². The van der Waals surface area contributed by atoms with E-state index in [4.69, 9.17) is 9.47 Å². The van der Waals surface area contributed by atoms with Gasteiger partial charge < -0.3 is 9.47 Å². The van der Waals surface area contributed by atoms with E-state index in [0.717, 1.165) is 31.7 Å². The molecule has 2 aromatic carbocycles. The lowest BCUT2D eigenvalue weighted by Gasteiger charge is -2.30. The van der Waals surface area contributed by atoms with Crippen molar-refractivity contribution in [3.8, 4) is 5.75 Å². The van der Waals surface area contributed by atoms with Crippen LogP contribution in [-0.4, -0.2) is 37.6 Å². The first-order chi connectivity index (χ1) is 13.7. The van der Waals surface area contributed by atoms with E-state index in [2.05, 4.69) is 53.9 Å². The van der Waals surface area contributed by atoms with Crippen molar-refractivity contribution < 1.29 is 14.3 Å². The summed E-state index contributed by atoms with van der Waals surface area (Å²) in [6.45, 7) is 6.81. The molecule has 4 nitrogen and oxygen atoms in total. The second-order valence-electron chi connectivity index (χ2n) is 7.29. The van der Waals surface area contributed by atoms with E-state index in [1.807, 2.05) is 6.07 Å². The second kappa shape index (κ2) is 8.03. The van der Waals surface area contributed by atoms with Crippen LogP contribution in [0.3, 0.4) is 0 Å². The SMILES string of the molecule is C=C(CN1CCC(=C2c3ccccc3COc3ccccc32)CC1)C(=O)OC. The molecule has 0 atom stereocenters. The van der Waals surface area contributed by atoms with Gasteiger partial charge in [-0.05, 0) is 35.6 Å². The van der Waals surface area contributed by atoms with Gasteiger partial charge in [0.1, 0.15) is 12.4 Å². The Morgan fingerprint density at radius 3 is 2.50 bits per heavy atom. The average molecular weight is 375 g/mol. The zero-order chi connectivity index (χ0) is 19.5. The van der Waals surface area contributed by atoms with E-state index in [0.29, 0.717) is 18.7 Å². The molecule has 0 unspecified atom stereocenters. The number of esters is 1. The largest absolute Gasteiger partial charge is 0.488 e. The standard InChI is InChI=1S/C24H25NO3/c1-17(24(26)27-2)15-25-13-11-18(12-14-25)23-20-8-4-3-7-19(20)16-28-22-10-6-5-9-21(22)23/h3-10H,1,11-16H2,2H3. The molecule has 0 bridgehead atoms. The number of nitrogens with zero attached hydrogens (tertiary/aromatic N) is 1. The summed E-state index contributed by atoms with van der Waals surface area (Å²) in [5.74, 6) is 0.621. The second-order valence-corrected chi connectivity index (χ2v) is 7.29. The summed E-state index contributed by atoms with van der Waals surface area (Å²) in [5.41, 5.74) is 6.95. The van der Waals surface area contributed by atoms with Crippen molar-refractivity contribution in [3.63, 3.8) is 0 Å². The molecule has 2 heterocycles. The number of benzene rings is 2. The molecular weight excluding hydrogens is 350 g/mol. The highest BCUT2D eigenvalue weighted by Crippen LogP contribution is 2.40. The lowest BCUT2D eigenvalue weighted by Crippen LogP contribution is -2.34. The number of fused-ring (bicyclic) bond motifs is 2. The predicted molar refractivity (Wildman–Crippen MR) is 110 cm³/mol. The van der Waals surface area contributed by atoms with E-state index in [9.17, 15) is 4.79 Å². The lowest BCUT2D eigenvalue weighted by molar-refractivity contribution is -0.136. The van der Waals surface area contributed by atoms with Crippen molar-refractivity contribution in [1.82, 2.24) is 4.90 Å². The third kappa shape index (κ3) is 3.60. The van der Waals surface area contributed by atoms with Gasteiger partial charge in [-0.1, -0.05) is 54.6 Å². The Balaban J connectivity index is 1.64. The van der Waals surface area contributed by atoms with Crippen molar-refractivity contribution in [1.29, 1.82) is 0 Å². The minimum absolute atomic E-state index is 0.326. The highest BCUT2D eigenvalue weighted by Gasteiger charge is 2.25. The van der Waals surface area contributed by atoms with Crippen LogP contribution in [-0.2, 0) is 16.1 Å². The van der Waals surface area contributed by atoms with Crippen LogP contribution in [0.4, 0.5) is 0 Å². The molecule has 0 saturated carbocycles. The number of para-hydroxylation sites is 1. The van der Waals surface area contributed by atoms with Gasteiger partial charge in [0, 0.05) is 30.8 Å². The van der Waals surface area contributed by atoms with Crippen molar-refractivity contribution in [2.75, 3.05) is 26.7 Å². The topological polar surface area (TPSA) is 38.8 Å². The number of rotatable bonds is 3. The maximum absolute atomic E-state index is 11.6. The Bertz CT molecular complexity index is 885. The number of carbonyl (C=O) groups is 1. The molecule has 4 rings (SSSR count). The Kier molecular flexibility index (Phi) is 5.31. The zero-order valence-corrected chi connectivity index (χ0v) is 16.2. The van der Waals surface area contributed by atoms with Gasteiger partial charge in [-0.15, -0.1) is 0 Å². The van der Waals surface area contributed by atoms with E-state index in [1.165, 1.54) is 34.9 Å². The lowest BCUT2D eigenvalue weighted by atomic mass is 9.86. The number of ether oxygens (including phenoxy) is 2. The molecule has 4 heteroatoms. The fourth-order valence-electron chi connectivity index (χ4n) is 4.08. The Morgan fingerprint density at radius 1 is 1.07 bits per heavy atom. The summed E-state index contributed by atoms with van der Waals surface area (Å²) in [4.78, 5) is 13.9. The summed E-state index contributed by atoms with van der Waals surface area (Å²) in [7, 11) is 1.40. The predicted octanol–water partition coefficient (Wildman–Crippen LogP) is 4.21. The first-order valence-corrected chi connectivity index (χ1v) is 9.68. The van der Waals surface area contributed by atoms with Crippen molar-refractivity contribution in [2.24, 2.45) is 0 Å². The van der Waals surface area contributed by atoms with E-state index in [-0.39, 0.29) is 5.97 Å². The molecule has 0 spiro atoms. The molecule has 1 fully saturated rings. The number of hydrogen-bond acceptors (Lipinski definition) is 4. The highest BCUT2D eigenvalue weighted by atomic mass is 16.5. The molecule has 2 aliphatic rings. The Hall–Kier alpha value is -2.85. The van der Waals surface area contributed by atoms with Crippen molar-refractivity contribution in [2.45, 2.75) is 19.4 Å². The van der Waals surface area contributed by atoms with Crippen LogP contribution in [0.2, 0.25) is 0 Å². The maximum atomic E-state index is 11.6. The highest BCUT2D eigenvalue weighted by molar-refractivity contribution is 5.88. The maximum Gasteiger partial charge on any atom is 0.334 e. The molecule has 28 heavy (non-hydrogen) atoms. The number of piperidine rings is 1. The zero-order valence-electron chi connectivity index (χ0n) is 16.2. The first kappa shape index (κ1) is 18.5. The van der Waals surface area contributed by atoms with E-state index < -0.39 is 0 Å². The van der Waals surface area contributed by atoms with Gasteiger partial charge in [0.2, 0.25) is 0 Å². The number of methoxy groups -OCH3 is 1. The van der Waals surface area contributed by atoms with Crippen LogP contribution >= 0.6 is 0 Å². The quantitative estimate of drug-likeness (QED) is 0.595. The summed E-state index contributed by atoms with van der Waals surface area (Å²) in [5, 5.41) is 0. The molecule has 0 aliphatic carbocycles. The molecular formula is C24H25NO3. The van der Waals surface area contributed by atoms with Crippen molar-refractivity contribution >= 4 is 11.5 Å². The first-order valence-electron chi connectivity index (χ1n) is 9.68. The minimum Gasteiger partial charge on any atom is -0.488 e. The number of hydrogen-bond donors (Lipinski definition) is 0.